The number of ether oxygens (including phenoxy) is 2. The highest BCUT2D eigenvalue weighted by molar-refractivity contribution is 5.94. The first-order valence-electron chi connectivity index (χ1n) is 6.03. The summed E-state index contributed by atoms with van der Waals surface area (Å²) < 4.78 is 9.35. The molecule has 0 saturated carbocycles. The van der Waals surface area contributed by atoms with Crippen molar-refractivity contribution < 1.29 is 23.9 Å². The summed E-state index contributed by atoms with van der Waals surface area (Å²) in [6, 6.07) is 7.59. The molecule has 1 aromatic rings. The molecular formula is C14H14N2O5. The van der Waals surface area contributed by atoms with Gasteiger partial charge in [0.05, 0.1) is 18.7 Å². The Morgan fingerprint density at radius 2 is 1.90 bits per heavy atom. The number of hydrogen-bond acceptors (Lipinski definition) is 6. The molecule has 1 amide bonds. The number of hydrogen-bond donors (Lipinski definition) is 1. The van der Waals surface area contributed by atoms with Crippen molar-refractivity contribution in [2.75, 3.05) is 12.4 Å². The zero-order chi connectivity index (χ0) is 15.8. The summed E-state index contributed by atoms with van der Waals surface area (Å²) in [7, 11) is 1.20. The van der Waals surface area contributed by atoms with Crippen LogP contribution in [-0.2, 0) is 19.1 Å². The number of carbonyl (C=O) groups is 3. The average molecular weight is 290 g/mol. The zero-order valence-electron chi connectivity index (χ0n) is 11.6. The van der Waals surface area contributed by atoms with Crippen LogP contribution in [0.5, 0.6) is 0 Å². The molecule has 0 aliphatic carbocycles. The van der Waals surface area contributed by atoms with Crippen molar-refractivity contribution in [3.05, 3.63) is 29.8 Å². The van der Waals surface area contributed by atoms with Crippen molar-refractivity contribution in [2.24, 2.45) is 0 Å². The van der Waals surface area contributed by atoms with Crippen molar-refractivity contribution in [3.63, 3.8) is 0 Å². The van der Waals surface area contributed by atoms with Gasteiger partial charge in [-0.05, 0) is 31.2 Å². The van der Waals surface area contributed by atoms with E-state index in [2.05, 4.69) is 10.1 Å². The highest BCUT2D eigenvalue weighted by Crippen LogP contribution is 2.12. The van der Waals surface area contributed by atoms with Gasteiger partial charge in [-0.2, -0.15) is 5.26 Å². The third-order valence-corrected chi connectivity index (χ3v) is 2.46. The summed E-state index contributed by atoms with van der Waals surface area (Å²) in [5.41, 5.74) is 0.678. The van der Waals surface area contributed by atoms with Gasteiger partial charge >= 0.3 is 11.9 Å². The smallest absolute Gasteiger partial charge is 0.346 e. The van der Waals surface area contributed by atoms with E-state index in [0.29, 0.717) is 5.69 Å². The summed E-state index contributed by atoms with van der Waals surface area (Å²) in [5.74, 6) is -1.77. The lowest BCUT2D eigenvalue weighted by Crippen LogP contribution is -2.25. The second-order valence-electron chi connectivity index (χ2n) is 4.03. The van der Waals surface area contributed by atoms with Crippen LogP contribution >= 0.6 is 0 Å². The van der Waals surface area contributed by atoms with Crippen LogP contribution in [0.25, 0.3) is 0 Å². The van der Waals surface area contributed by atoms with E-state index in [1.165, 1.54) is 38.3 Å². The largest absolute Gasteiger partial charge is 0.466 e. The minimum atomic E-state index is -1.00. The zero-order valence-corrected chi connectivity index (χ0v) is 11.6. The van der Waals surface area contributed by atoms with Crippen molar-refractivity contribution >= 4 is 23.5 Å². The first kappa shape index (κ1) is 16.2. The van der Waals surface area contributed by atoms with Crippen LogP contribution in [0, 0.1) is 11.3 Å². The van der Waals surface area contributed by atoms with E-state index in [1.54, 1.807) is 6.07 Å². The van der Waals surface area contributed by atoms with Gasteiger partial charge in [-0.15, -0.1) is 0 Å². The second kappa shape index (κ2) is 7.65. The van der Waals surface area contributed by atoms with Crippen LogP contribution in [0.2, 0.25) is 0 Å². The van der Waals surface area contributed by atoms with E-state index >= 15 is 0 Å². The quantitative estimate of drug-likeness (QED) is 0.818. The second-order valence-corrected chi connectivity index (χ2v) is 4.03. The first-order valence-corrected chi connectivity index (χ1v) is 6.03. The molecule has 21 heavy (non-hydrogen) atoms. The highest BCUT2D eigenvalue weighted by Gasteiger charge is 2.19. The Kier molecular flexibility index (Phi) is 5.89. The summed E-state index contributed by atoms with van der Waals surface area (Å²) in [4.78, 5) is 34.1. The molecule has 0 saturated heterocycles. The van der Waals surface area contributed by atoms with Crippen LogP contribution < -0.4 is 5.32 Å². The Labute approximate surface area is 121 Å². The number of amides is 1. The van der Waals surface area contributed by atoms with E-state index in [4.69, 9.17) is 10.00 Å². The Morgan fingerprint density at radius 1 is 1.29 bits per heavy atom. The number of benzene rings is 1. The number of rotatable bonds is 5. The van der Waals surface area contributed by atoms with E-state index in [1.807, 2.05) is 0 Å². The van der Waals surface area contributed by atoms with Gasteiger partial charge in [0.2, 0.25) is 5.91 Å². The fourth-order valence-electron chi connectivity index (χ4n) is 1.41. The lowest BCUT2D eigenvalue weighted by Gasteiger charge is -2.11. The molecule has 0 spiro atoms. The number of nitrogens with one attached hydrogen (secondary N) is 1. The Balaban J connectivity index is 2.65. The van der Waals surface area contributed by atoms with Crippen molar-refractivity contribution in [1.29, 1.82) is 5.26 Å². The third kappa shape index (κ3) is 4.95. The number of esters is 2. The minimum absolute atomic E-state index is 0.226. The minimum Gasteiger partial charge on any atom is -0.466 e. The molecule has 0 bridgehead atoms. The number of carbonyl (C=O) groups excluding carboxylic acids is 3. The third-order valence-electron chi connectivity index (χ3n) is 2.46. The van der Waals surface area contributed by atoms with Gasteiger partial charge < -0.3 is 14.8 Å². The topological polar surface area (TPSA) is 105 Å². The van der Waals surface area contributed by atoms with Gasteiger partial charge in [-0.25, -0.2) is 9.59 Å². The molecule has 7 heteroatoms. The molecule has 0 heterocycles. The molecule has 0 aliphatic rings. The number of methoxy groups -OCH3 is 1. The molecule has 0 fully saturated rings. The van der Waals surface area contributed by atoms with Gasteiger partial charge in [0.25, 0.3) is 0 Å². The Bertz CT molecular complexity index is 574. The van der Waals surface area contributed by atoms with Crippen LogP contribution in [0.4, 0.5) is 5.69 Å². The summed E-state index contributed by atoms with van der Waals surface area (Å²) in [6.45, 7) is 1.40. The van der Waals surface area contributed by atoms with E-state index in [-0.39, 0.29) is 12.0 Å². The average Bonchev–Trinajstić information content (AvgIpc) is 2.47. The lowest BCUT2D eigenvalue weighted by molar-refractivity contribution is -0.149. The van der Waals surface area contributed by atoms with Crippen LogP contribution in [0.15, 0.2) is 24.3 Å². The van der Waals surface area contributed by atoms with E-state index < -0.39 is 23.9 Å². The molecule has 7 nitrogen and oxygen atoms in total. The molecule has 1 N–H and O–H groups in total. The monoisotopic (exact) mass is 290 g/mol. The molecule has 1 unspecified atom stereocenters. The summed E-state index contributed by atoms with van der Waals surface area (Å²) in [6.07, 6.45) is -1.25. The van der Waals surface area contributed by atoms with Gasteiger partial charge in [0.1, 0.15) is 6.42 Å². The SMILES string of the molecule is COC(=O)C(C)OC(=O)c1ccc(NC(=O)CC#N)cc1. The predicted molar refractivity (Wildman–Crippen MR) is 72.2 cm³/mol. The summed E-state index contributed by atoms with van der Waals surface area (Å²) >= 11 is 0. The molecule has 1 aromatic carbocycles. The van der Waals surface area contributed by atoms with E-state index in [0.717, 1.165) is 0 Å². The Morgan fingerprint density at radius 3 is 2.43 bits per heavy atom. The number of nitrogens with zero attached hydrogens (tertiary/aromatic N) is 1. The van der Waals surface area contributed by atoms with Gasteiger partial charge in [0, 0.05) is 5.69 Å². The number of anilines is 1. The molecule has 110 valence electrons. The molecule has 1 rings (SSSR count). The van der Waals surface area contributed by atoms with Crippen LogP contribution in [-0.4, -0.2) is 31.1 Å². The van der Waals surface area contributed by atoms with Crippen LogP contribution in [0.3, 0.4) is 0 Å². The standard InChI is InChI=1S/C14H14N2O5/c1-9(13(18)20-2)21-14(19)10-3-5-11(6-4-10)16-12(17)7-8-15/h3-6,9H,7H2,1-2H3,(H,16,17). The molecule has 0 radical (unpaired) electrons. The lowest BCUT2D eigenvalue weighted by atomic mass is 10.2. The fourth-order valence-corrected chi connectivity index (χ4v) is 1.41. The molecule has 1 atom stereocenters. The normalized spacial score (nSPS) is 10.9. The van der Waals surface area contributed by atoms with Gasteiger partial charge in [0.15, 0.2) is 6.10 Å². The predicted octanol–water partition coefficient (Wildman–Crippen LogP) is 1.26. The van der Waals surface area contributed by atoms with Crippen molar-refractivity contribution in [1.82, 2.24) is 0 Å². The van der Waals surface area contributed by atoms with Gasteiger partial charge in [-0.1, -0.05) is 0 Å². The first-order chi connectivity index (χ1) is 9.97. The molecular weight excluding hydrogens is 276 g/mol. The Hall–Kier alpha value is -2.88. The summed E-state index contributed by atoms with van der Waals surface area (Å²) in [5, 5.41) is 10.9. The van der Waals surface area contributed by atoms with Gasteiger partial charge in [-0.3, -0.25) is 4.79 Å². The maximum absolute atomic E-state index is 11.8. The maximum atomic E-state index is 11.8. The van der Waals surface area contributed by atoms with Crippen molar-refractivity contribution in [2.45, 2.75) is 19.4 Å². The number of nitriles is 1. The maximum Gasteiger partial charge on any atom is 0.346 e. The highest BCUT2D eigenvalue weighted by atomic mass is 16.6. The fraction of sp³-hybridized carbons (Fsp3) is 0.286. The van der Waals surface area contributed by atoms with Crippen molar-refractivity contribution in [3.8, 4) is 6.07 Å². The molecule has 0 aromatic heterocycles. The molecule has 0 aliphatic heterocycles. The van der Waals surface area contributed by atoms with E-state index in [9.17, 15) is 14.4 Å². The van der Waals surface area contributed by atoms with Crippen LogP contribution in [0.1, 0.15) is 23.7 Å².